The monoisotopic (exact) mass is 272 g/mol. The van der Waals surface area contributed by atoms with E-state index in [-0.39, 0.29) is 5.75 Å². The van der Waals surface area contributed by atoms with Crippen LogP contribution in [0.3, 0.4) is 0 Å². The summed E-state index contributed by atoms with van der Waals surface area (Å²) in [5.74, 6) is 2.00. The lowest BCUT2D eigenvalue weighted by Crippen LogP contribution is -2.17. The first kappa shape index (κ1) is 15.0. The van der Waals surface area contributed by atoms with Gasteiger partial charge in [-0.05, 0) is 24.9 Å². The smallest absolute Gasteiger partial charge is 0.167 e. The summed E-state index contributed by atoms with van der Waals surface area (Å²) < 4.78 is 18.3. The largest absolute Gasteiger partial charge is 0.494 e. The minimum absolute atomic E-state index is 0.210. The average Bonchev–Trinajstić information content (AvgIpc) is 2.33. The van der Waals surface area contributed by atoms with Crippen molar-refractivity contribution >= 4 is 23.1 Å². The van der Waals surface area contributed by atoms with Gasteiger partial charge in [-0.15, -0.1) is 0 Å². The molecule has 0 amide bonds. The molecule has 102 valence electrons. The maximum atomic E-state index is 13.4. The molecule has 0 aliphatic heterocycles. The third kappa shape index (κ3) is 4.29. The molecule has 1 rings (SSSR count). The van der Waals surface area contributed by atoms with Crippen molar-refractivity contribution in [1.82, 2.24) is 0 Å². The molecule has 1 atom stereocenters. The van der Waals surface area contributed by atoms with E-state index in [4.69, 9.17) is 10.5 Å². The van der Waals surface area contributed by atoms with Crippen molar-refractivity contribution in [1.29, 1.82) is 0 Å². The lowest BCUT2D eigenvalue weighted by molar-refractivity contribution is 0.387. The number of halogens is 1. The molecule has 0 saturated heterocycles. The highest BCUT2D eigenvalue weighted by Crippen LogP contribution is 2.28. The van der Waals surface area contributed by atoms with Crippen LogP contribution in [0.1, 0.15) is 20.3 Å². The van der Waals surface area contributed by atoms with E-state index in [1.165, 1.54) is 13.2 Å². The standard InChI is InChI=1S/C13H21FN2OS/c1-4-18-6-5-9(2)16-12-8-13(17-3)10(14)7-11(12)15/h7-9,16H,4-6,15H2,1-3H3. The molecule has 0 heterocycles. The van der Waals surface area contributed by atoms with Gasteiger partial charge in [-0.1, -0.05) is 6.92 Å². The fourth-order valence-electron chi connectivity index (χ4n) is 1.59. The summed E-state index contributed by atoms with van der Waals surface area (Å²) in [6, 6.07) is 3.18. The van der Waals surface area contributed by atoms with Crippen LogP contribution in [-0.4, -0.2) is 24.7 Å². The minimum Gasteiger partial charge on any atom is -0.494 e. The summed E-state index contributed by atoms with van der Waals surface area (Å²) in [6.45, 7) is 4.23. The first-order valence-electron chi connectivity index (χ1n) is 6.05. The number of thioether (sulfide) groups is 1. The summed E-state index contributed by atoms with van der Waals surface area (Å²) in [7, 11) is 1.44. The van der Waals surface area contributed by atoms with Gasteiger partial charge in [0.1, 0.15) is 0 Å². The minimum atomic E-state index is -0.435. The van der Waals surface area contributed by atoms with Gasteiger partial charge >= 0.3 is 0 Å². The SMILES string of the molecule is CCSCCC(C)Nc1cc(OC)c(F)cc1N. The second kappa shape index (κ2) is 7.36. The molecule has 3 N–H and O–H groups in total. The summed E-state index contributed by atoms with van der Waals surface area (Å²) >= 11 is 1.91. The van der Waals surface area contributed by atoms with Crippen molar-refractivity contribution in [3.05, 3.63) is 17.9 Å². The Hall–Kier alpha value is -1.10. The highest BCUT2D eigenvalue weighted by molar-refractivity contribution is 7.99. The number of nitrogen functional groups attached to an aromatic ring is 1. The molecule has 0 saturated carbocycles. The molecule has 0 aliphatic rings. The van der Waals surface area contributed by atoms with E-state index in [0.29, 0.717) is 11.7 Å². The van der Waals surface area contributed by atoms with Gasteiger partial charge in [0.05, 0.1) is 18.5 Å². The number of benzene rings is 1. The van der Waals surface area contributed by atoms with Crippen molar-refractivity contribution in [3.8, 4) is 5.75 Å². The molecule has 0 fully saturated rings. The van der Waals surface area contributed by atoms with Crippen molar-refractivity contribution in [3.63, 3.8) is 0 Å². The van der Waals surface area contributed by atoms with Crippen LogP contribution in [0.5, 0.6) is 5.75 Å². The fourth-order valence-corrected chi connectivity index (χ4v) is 2.40. The highest BCUT2D eigenvalue weighted by Gasteiger charge is 2.10. The highest BCUT2D eigenvalue weighted by atomic mass is 32.2. The summed E-state index contributed by atoms with van der Waals surface area (Å²) in [5.41, 5.74) is 6.91. The predicted molar refractivity (Wildman–Crippen MR) is 78.1 cm³/mol. The van der Waals surface area contributed by atoms with Crippen molar-refractivity contribution < 1.29 is 9.13 Å². The second-order valence-electron chi connectivity index (χ2n) is 4.10. The van der Waals surface area contributed by atoms with E-state index in [9.17, 15) is 4.39 Å². The first-order valence-corrected chi connectivity index (χ1v) is 7.21. The topological polar surface area (TPSA) is 47.3 Å². The number of nitrogens with two attached hydrogens (primary N) is 1. The summed E-state index contributed by atoms with van der Waals surface area (Å²) in [4.78, 5) is 0. The number of nitrogens with one attached hydrogen (secondary N) is 1. The Morgan fingerprint density at radius 1 is 1.50 bits per heavy atom. The fraction of sp³-hybridized carbons (Fsp3) is 0.538. The molecule has 1 aromatic rings. The number of ether oxygens (including phenoxy) is 1. The first-order chi connectivity index (χ1) is 8.58. The Bertz CT molecular complexity index is 387. The van der Waals surface area contributed by atoms with E-state index in [0.717, 1.165) is 23.6 Å². The molecule has 1 aromatic carbocycles. The summed E-state index contributed by atoms with van der Waals surface area (Å²) in [5, 5.41) is 3.29. The maximum absolute atomic E-state index is 13.4. The lowest BCUT2D eigenvalue weighted by Gasteiger charge is -2.17. The van der Waals surface area contributed by atoms with Crippen molar-refractivity contribution in [2.45, 2.75) is 26.3 Å². The molecular formula is C13H21FN2OS. The van der Waals surface area contributed by atoms with Gasteiger partial charge < -0.3 is 15.8 Å². The number of rotatable bonds is 7. The van der Waals surface area contributed by atoms with Gasteiger partial charge in [-0.2, -0.15) is 11.8 Å². The molecule has 3 nitrogen and oxygen atoms in total. The molecule has 0 aliphatic carbocycles. The van der Waals surface area contributed by atoms with Crippen LogP contribution in [0.15, 0.2) is 12.1 Å². The Labute approximate surface area is 112 Å². The normalized spacial score (nSPS) is 12.2. The van der Waals surface area contributed by atoms with Gasteiger partial charge in [-0.25, -0.2) is 4.39 Å². The Kier molecular flexibility index (Phi) is 6.12. The number of hydrogen-bond donors (Lipinski definition) is 2. The van der Waals surface area contributed by atoms with Crippen LogP contribution in [0.4, 0.5) is 15.8 Å². The third-order valence-electron chi connectivity index (χ3n) is 2.63. The van der Waals surface area contributed by atoms with Crippen LogP contribution in [0.2, 0.25) is 0 Å². The van der Waals surface area contributed by atoms with Gasteiger partial charge in [0, 0.05) is 18.2 Å². The zero-order valence-corrected chi connectivity index (χ0v) is 11.9. The Balaban J connectivity index is 2.65. The maximum Gasteiger partial charge on any atom is 0.167 e. The van der Waals surface area contributed by atoms with E-state index in [1.807, 2.05) is 11.8 Å². The van der Waals surface area contributed by atoms with Crippen LogP contribution in [0.25, 0.3) is 0 Å². The van der Waals surface area contributed by atoms with E-state index < -0.39 is 5.82 Å². The average molecular weight is 272 g/mol. The Morgan fingerprint density at radius 3 is 2.83 bits per heavy atom. The number of hydrogen-bond acceptors (Lipinski definition) is 4. The number of anilines is 2. The van der Waals surface area contributed by atoms with Crippen molar-refractivity contribution in [2.75, 3.05) is 29.7 Å². The zero-order chi connectivity index (χ0) is 13.5. The van der Waals surface area contributed by atoms with Gasteiger partial charge in [0.25, 0.3) is 0 Å². The van der Waals surface area contributed by atoms with E-state index >= 15 is 0 Å². The number of methoxy groups -OCH3 is 1. The molecule has 0 aromatic heterocycles. The lowest BCUT2D eigenvalue weighted by atomic mass is 10.2. The molecule has 0 radical (unpaired) electrons. The van der Waals surface area contributed by atoms with Crippen LogP contribution >= 0.6 is 11.8 Å². The van der Waals surface area contributed by atoms with Crippen LogP contribution in [0, 0.1) is 5.82 Å². The van der Waals surface area contributed by atoms with Gasteiger partial charge in [-0.3, -0.25) is 0 Å². The van der Waals surface area contributed by atoms with Gasteiger partial charge in [0.2, 0.25) is 0 Å². The van der Waals surface area contributed by atoms with E-state index in [2.05, 4.69) is 19.2 Å². The Morgan fingerprint density at radius 2 is 2.22 bits per heavy atom. The van der Waals surface area contributed by atoms with Crippen LogP contribution < -0.4 is 15.8 Å². The molecule has 0 bridgehead atoms. The molecular weight excluding hydrogens is 251 g/mol. The summed E-state index contributed by atoms with van der Waals surface area (Å²) in [6.07, 6.45) is 1.04. The predicted octanol–water partition coefficient (Wildman–Crippen LogP) is 3.36. The van der Waals surface area contributed by atoms with Crippen molar-refractivity contribution in [2.24, 2.45) is 0 Å². The molecule has 1 unspecified atom stereocenters. The zero-order valence-electron chi connectivity index (χ0n) is 11.1. The molecule has 0 spiro atoms. The molecule has 5 heteroatoms. The van der Waals surface area contributed by atoms with E-state index in [1.54, 1.807) is 6.07 Å². The van der Waals surface area contributed by atoms with Gasteiger partial charge in [0.15, 0.2) is 11.6 Å². The third-order valence-corrected chi connectivity index (χ3v) is 3.56. The van der Waals surface area contributed by atoms with Crippen LogP contribution in [-0.2, 0) is 0 Å². The molecule has 18 heavy (non-hydrogen) atoms. The quantitative estimate of drug-likeness (QED) is 0.590. The second-order valence-corrected chi connectivity index (χ2v) is 5.50.